The minimum absolute atomic E-state index is 0.00712. The summed E-state index contributed by atoms with van der Waals surface area (Å²) in [6, 6.07) is 6.71. The monoisotopic (exact) mass is 435 g/mol. The van der Waals surface area contributed by atoms with Gasteiger partial charge in [0.25, 0.3) is 5.91 Å². The van der Waals surface area contributed by atoms with Crippen LogP contribution in [0.4, 0.5) is 23.7 Å². The number of benzene rings is 1. The van der Waals surface area contributed by atoms with Gasteiger partial charge in [-0.15, -0.1) is 0 Å². The van der Waals surface area contributed by atoms with Gasteiger partial charge in [-0.3, -0.25) is 4.79 Å². The number of anilines is 1. The first-order valence-electron chi connectivity index (χ1n) is 9.63. The Kier molecular flexibility index (Phi) is 4.73. The molecular formula is C21H20F3N3O4. The van der Waals surface area contributed by atoms with Crippen molar-refractivity contribution in [2.75, 3.05) is 4.90 Å². The van der Waals surface area contributed by atoms with E-state index >= 15 is 0 Å². The number of urea groups is 1. The lowest BCUT2D eigenvalue weighted by Gasteiger charge is -2.27. The van der Waals surface area contributed by atoms with Crippen molar-refractivity contribution in [3.63, 3.8) is 0 Å². The maximum atomic E-state index is 13.5. The van der Waals surface area contributed by atoms with Gasteiger partial charge < -0.3 is 14.8 Å². The van der Waals surface area contributed by atoms with Crippen LogP contribution in [0.2, 0.25) is 0 Å². The van der Waals surface area contributed by atoms with Gasteiger partial charge in [0.15, 0.2) is 5.60 Å². The number of carbonyl (C=O) groups excluding carboxylic acids is 2. The summed E-state index contributed by atoms with van der Waals surface area (Å²) in [5, 5.41) is 2.65. The summed E-state index contributed by atoms with van der Waals surface area (Å²) < 4.78 is 51.1. The molecule has 164 valence electrons. The number of aromatic nitrogens is 1. The minimum atomic E-state index is -4.58. The molecule has 4 rings (SSSR count). The zero-order valence-corrected chi connectivity index (χ0v) is 17.0. The van der Waals surface area contributed by atoms with E-state index in [0.717, 1.165) is 11.8 Å². The summed E-state index contributed by atoms with van der Waals surface area (Å²) >= 11 is 0. The Morgan fingerprint density at radius 3 is 2.55 bits per heavy atom. The highest BCUT2D eigenvalue weighted by Crippen LogP contribution is 2.48. The number of nitrogens with zero attached hydrogens (tertiary/aromatic N) is 2. The summed E-state index contributed by atoms with van der Waals surface area (Å²) in [5.74, 6) is -0.129. The van der Waals surface area contributed by atoms with Gasteiger partial charge in [0.2, 0.25) is 5.88 Å². The Hall–Kier alpha value is -3.14. The van der Waals surface area contributed by atoms with Crippen LogP contribution in [0, 0.1) is 0 Å². The number of imide groups is 1. The molecule has 1 fully saturated rings. The second kappa shape index (κ2) is 6.94. The van der Waals surface area contributed by atoms with E-state index in [1.165, 1.54) is 36.5 Å². The van der Waals surface area contributed by atoms with Crippen molar-refractivity contribution in [1.82, 2.24) is 10.3 Å². The molecule has 1 aromatic carbocycles. The first kappa shape index (κ1) is 21.1. The molecule has 2 atom stereocenters. The van der Waals surface area contributed by atoms with Crippen LogP contribution in [0.3, 0.4) is 0 Å². The molecule has 0 spiro atoms. The number of hydrogen-bond acceptors (Lipinski definition) is 5. The first-order valence-corrected chi connectivity index (χ1v) is 9.63. The van der Waals surface area contributed by atoms with Crippen LogP contribution in [0.15, 0.2) is 36.5 Å². The summed E-state index contributed by atoms with van der Waals surface area (Å²) in [7, 11) is 0. The molecule has 1 N–H and O–H groups in total. The molecule has 31 heavy (non-hydrogen) atoms. The predicted octanol–water partition coefficient (Wildman–Crippen LogP) is 4.41. The molecule has 7 nitrogen and oxygen atoms in total. The zero-order chi connectivity index (χ0) is 22.6. The van der Waals surface area contributed by atoms with E-state index in [2.05, 4.69) is 10.3 Å². The summed E-state index contributed by atoms with van der Waals surface area (Å²) in [5.41, 5.74) is -2.70. The van der Waals surface area contributed by atoms with Crippen LogP contribution in [0.25, 0.3) is 0 Å². The van der Waals surface area contributed by atoms with Crippen LogP contribution in [0.5, 0.6) is 11.6 Å². The molecule has 0 bridgehead atoms. The topological polar surface area (TPSA) is 80.8 Å². The second-order valence-corrected chi connectivity index (χ2v) is 7.85. The van der Waals surface area contributed by atoms with Gasteiger partial charge in [0.05, 0.1) is 18.5 Å². The van der Waals surface area contributed by atoms with E-state index in [9.17, 15) is 22.8 Å². The van der Waals surface area contributed by atoms with E-state index in [4.69, 9.17) is 9.47 Å². The molecule has 2 aliphatic rings. The lowest BCUT2D eigenvalue weighted by molar-refractivity contribution is -0.272. The zero-order valence-electron chi connectivity index (χ0n) is 17.0. The van der Waals surface area contributed by atoms with Crippen molar-refractivity contribution in [3.8, 4) is 11.6 Å². The summed E-state index contributed by atoms with van der Waals surface area (Å²) in [6.07, 6.45) is -2.85. The van der Waals surface area contributed by atoms with Crippen LogP contribution in [-0.4, -0.2) is 28.6 Å². The van der Waals surface area contributed by atoms with Gasteiger partial charge >= 0.3 is 12.2 Å². The number of nitrogens with one attached hydrogen (secondary N) is 1. The molecule has 3 amide bonds. The van der Waals surface area contributed by atoms with Gasteiger partial charge in [0, 0.05) is 11.6 Å². The number of carbonyl (C=O) groups is 2. The molecule has 0 aliphatic carbocycles. The van der Waals surface area contributed by atoms with E-state index in [1.54, 1.807) is 13.8 Å². The third-order valence-electron chi connectivity index (χ3n) is 5.82. The summed E-state index contributed by atoms with van der Waals surface area (Å²) in [6.45, 7) is 4.28. The van der Waals surface area contributed by atoms with Crippen molar-refractivity contribution < 1.29 is 32.2 Å². The molecule has 0 saturated carbocycles. The number of rotatable bonds is 4. The molecular weight excluding hydrogens is 415 g/mol. The molecule has 2 aliphatic heterocycles. The molecule has 1 unspecified atom stereocenters. The van der Waals surface area contributed by atoms with Crippen molar-refractivity contribution >= 4 is 17.6 Å². The highest BCUT2D eigenvalue weighted by atomic mass is 19.4. The van der Waals surface area contributed by atoms with Gasteiger partial charge in [-0.25, -0.2) is 14.7 Å². The average molecular weight is 435 g/mol. The van der Waals surface area contributed by atoms with Crippen LogP contribution >= 0.6 is 0 Å². The number of fused-ring (bicyclic) bond motifs is 1. The first-order chi connectivity index (χ1) is 14.5. The van der Waals surface area contributed by atoms with Gasteiger partial charge in [0.1, 0.15) is 11.3 Å². The van der Waals surface area contributed by atoms with E-state index < -0.39 is 23.3 Å². The average Bonchev–Trinajstić information content (AvgIpc) is 3.17. The fourth-order valence-corrected chi connectivity index (χ4v) is 3.57. The quantitative estimate of drug-likeness (QED) is 0.720. The Balaban J connectivity index is 1.56. The van der Waals surface area contributed by atoms with Crippen LogP contribution in [-0.2, 0) is 21.7 Å². The largest absolute Gasteiger partial charge is 0.439 e. The number of halogens is 3. The Labute approximate surface area is 176 Å². The van der Waals surface area contributed by atoms with Crippen molar-refractivity contribution in [1.29, 1.82) is 0 Å². The minimum Gasteiger partial charge on any atom is -0.439 e. The van der Waals surface area contributed by atoms with Gasteiger partial charge in [-0.05, 0) is 44.0 Å². The van der Waals surface area contributed by atoms with E-state index in [-0.39, 0.29) is 35.4 Å². The van der Waals surface area contributed by atoms with Crippen molar-refractivity contribution in [3.05, 3.63) is 47.7 Å². The molecule has 10 heteroatoms. The standard InChI is InChI=1S/C21H20F3N3O4/c1-4-19(2)17(28)27(18(29)26-19)13-6-8-16(25-10-13)31-14-7-5-12-11-30-20(3,15(12)9-14)21(22,23)24/h5-10H,4,11H2,1-3H3,(H,26,29)/t19-,20?/m1/s1. The molecule has 1 aromatic heterocycles. The third-order valence-corrected chi connectivity index (χ3v) is 5.82. The number of amides is 3. The van der Waals surface area contributed by atoms with Crippen LogP contribution < -0.4 is 15.0 Å². The third kappa shape index (κ3) is 3.31. The maximum absolute atomic E-state index is 13.5. The van der Waals surface area contributed by atoms with E-state index in [0.29, 0.717) is 12.0 Å². The molecule has 1 saturated heterocycles. The maximum Gasteiger partial charge on any atom is 0.421 e. The Morgan fingerprint density at radius 2 is 1.97 bits per heavy atom. The van der Waals surface area contributed by atoms with Crippen molar-refractivity contribution in [2.45, 2.75) is 51.1 Å². The van der Waals surface area contributed by atoms with Crippen LogP contribution in [0.1, 0.15) is 38.3 Å². The number of pyridine rings is 1. The second-order valence-electron chi connectivity index (χ2n) is 7.85. The number of alkyl halides is 3. The van der Waals surface area contributed by atoms with E-state index in [1.807, 2.05) is 0 Å². The normalized spacial score (nSPS) is 25.5. The van der Waals surface area contributed by atoms with Crippen molar-refractivity contribution in [2.24, 2.45) is 0 Å². The lowest BCUT2D eigenvalue weighted by Crippen LogP contribution is -2.43. The van der Waals surface area contributed by atoms with Gasteiger partial charge in [-0.1, -0.05) is 13.0 Å². The highest BCUT2D eigenvalue weighted by molar-refractivity contribution is 6.23. The fraction of sp³-hybridized carbons (Fsp3) is 0.381. The number of hydrogen-bond donors (Lipinski definition) is 1. The summed E-state index contributed by atoms with van der Waals surface area (Å²) in [4.78, 5) is 29.9. The molecule has 3 heterocycles. The predicted molar refractivity (Wildman–Crippen MR) is 104 cm³/mol. The Bertz CT molecular complexity index is 1060. The smallest absolute Gasteiger partial charge is 0.421 e. The Morgan fingerprint density at radius 1 is 1.23 bits per heavy atom. The lowest BCUT2D eigenvalue weighted by atomic mass is 9.93. The van der Waals surface area contributed by atoms with Gasteiger partial charge in [-0.2, -0.15) is 13.2 Å². The molecule has 0 radical (unpaired) electrons. The highest BCUT2D eigenvalue weighted by Gasteiger charge is 2.57. The SMILES string of the molecule is CC[C@@]1(C)NC(=O)N(c2ccc(Oc3ccc4c(c3)C(C)(C(F)(F)F)OC4)nc2)C1=O. The molecule has 2 aromatic rings. The fourth-order valence-electron chi connectivity index (χ4n) is 3.57. The number of ether oxygens (including phenoxy) is 2.